The largest absolute Gasteiger partial charge is 0.600 e. The SMILES string of the molecule is CC1CCC([NH+]([O-])O)CC1. The lowest BCUT2D eigenvalue weighted by Crippen LogP contribution is -3.09. The molecular weight excluding hydrogens is 130 g/mol. The lowest BCUT2D eigenvalue weighted by molar-refractivity contribution is -1.07. The summed E-state index contributed by atoms with van der Waals surface area (Å²) in [6.07, 6.45) is 3.96. The lowest BCUT2D eigenvalue weighted by atomic mass is 9.88. The van der Waals surface area contributed by atoms with Gasteiger partial charge in [0.2, 0.25) is 0 Å². The van der Waals surface area contributed by atoms with Crippen molar-refractivity contribution in [1.82, 2.24) is 0 Å². The van der Waals surface area contributed by atoms with Gasteiger partial charge in [-0.15, -0.1) is 0 Å². The molecule has 60 valence electrons. The summed E-state index contributed by atoms with van der Waals surface area (Å²) < 4.78 is 0. The molecular formula is C7H15NO2. The molecule has 1 fully saturated rings. The summed E-state index contributed by atoms with van der Waals surface area (Å²) in [4.78, 5) is 0. The normalized spacial score (nSPS) is 37.5. The Labute approximate surface area is 61.2 Å². The second kappa shape index (κ2) is 3.32. The van der Waals surface area contributed by atoms with E-state index in [0.717, 1.165) is 31.6 Å². The Balaban J connectivity index is 2.26. The number of hydrogen-bond donors (Lipinski definition) is 2. The van der Waals surface area contributed by atoms with E-state index in [4.69, 9.17) is 5.21 Å². The minimum Gasteiger partial charge on any atom is -0.600 e. The topological polar surface area (TPSA) is 47.7 Å². The van der Waals surface area contributed by atoms with Crippen molar-refractivity contribution in [3.8, 4) is 0 Å². The van der Waals surface area contributed by atoms with Gasteiger partial charge < -0.3 is 5.21 Å². The monoisotopic (exact) mass is 145 g/mol. The van der Waals surface area contributed by atoms with Crippen molar-refractivity contribution in [2.45, 2.75) is 38.6 Å². The Hall–Kier alpha value is -0.120. The van der Waals surface area contributed by atoms with Crippen LogP contribution in [-0.2, 0) is 0 Å². The molecule has 1 aliphatic carbocycles. The number of nitrogens with one attached hydrogen (secondary N) is 1. The van der Waals surface area contributed by atoms with Crippen LogP contribution in [0.25, 0.3) is 0 Å². The molecule has 0 spiro atoms. The molecule has 1 unspecified atom stereocenters. The van der Waals surface area contributed by atoms with E-state index in [0.29, 0.717) is 0 Å². The molecule has 0 heterocycles. The van der Waals surface area contributed by atoms with E-state index < -0.39 is 5.23 Å². The van der Waals surface area contributed by atoms with Gasteiger partial charge in [0, 0.05) is 12.8 Å². The molecule has 3 nitrogen and oxygen atoms in total. The second-order valence-electron chi connectivity index (χ2n) is 3.30. The van der Waals surface area contributed by atoms with E-state index in [1.165, 1.54) is 0 Å². The van der Waals surface area contributed by atoms with Crippen molar-refractivity contribution in [2.24, 2.45) is 5.92 Å². The molecule has 0 aromatic rings. The zero-order chi connectivity index (χ0) is 7.56. The fourth-order valence-electron chi connectivity index (χ4n) is 1.51. The standard InChI is InChI=1S/C7H15NO2/c1-6-2-4-7(5-3-6)8(9)10/h6-9H,2-5H2,1H3. The molecule has 0 amide bonds. The third-order valence-electron chi connectivity index (χ3n) is 2.37. The van der Waals surface area contributed by atoms with Crippen LogP contribution >= 0.6 is 0 Å². The highest BCUT2D eigenvalue weighted by atomic mass is 16.8. The van der Waals surface area contributed by atoms with Crippen LogP contribution in [0.1, 0.15) is 32.6 Å². The van der Waals surface area contributed by atoms with Crippen LogP contribution in [0.3, 0.4) is 0 Å². The van der Waals surface area contributed by atoms with Crippen molar-refractivity contribution < 1.29 is 10.4 Å². The van der Waals surface area contributed by atoms with E-state index in [-0.39, 0.29) is 6.04 Å². The Morgan fingerprint density at radius 3 is 2.20 bits per heavy atom. The number of quaternary nitrogens is 1. The molecule has 0 aromatic heterocycles. The maximum atomic E-state index is 10.5. The summed E-state index contributed by atoms with van der Waals surface area (Å²) >= 11 is 0. The molecule has 1 saturated carbocycles. The van der Waals surface area contributed by atoms with Crippen LogP contribution in [0.2, 0.25) is 0 Å². The van der Waals surface area contributed by atoms with E-state index in [2.05, 4.69) is 6.92 Å². The minimum absolute atomic E-state index is 0.0452. The van der Waals surface area contributed by atoms with Crippen LogP contribution in [-0.4, -0.2) is 11.2 Å². The third-order valence-corrected chi connectivity index (χ3v) is 2.37. The average molecular weight is 145 g/mol. The highest BCUT2D eigenvalue weighted by Gasteiger charge is 2.22. The minimum atomic E-state index is -0.605. The molecule has 0 bridgehead atoms. The summed E-state index contributed by atoms with van der Waals surface area (Å²) in [5, 5.41) is 18.5. The van der Waals surface area contributed by atoms with Crippen LogP contribution in [0.4, 0.5) is 0 Å². The van der Waals surface area contributed by atoms with Crippen LogP contribution in [0.5, 0.6) is 0 Å². The molecule has 1 aliphatic rings. The molecule has 1 rings (SSSR count). The highest BCUT2D eigenvalue weighted by Crippen LogP contribution is 2.21. The van der Waals surface area contributed by atoms with E-state index in [1.807, 2.05) is 0 Å². The number of hydroxylamine groups is 2. The Morgan fingerprint density at radius 1 is 1.30 bits per heavy atom. The summed E-state index contributed by atoms with van der Waals surface area (Å²) in [7, 11) is 0. The summed E-state index contributed by atoms with van der Waals surface area (Å²) in [6, 6.07) is -0.0452. The van der Waals surface area contributed by atoms with Crippen LogP contribution < -0.4 is 5.23 Å². The smallest absolute Gasteiger partial charge is 0.117 e. The van der Waals surface area contributed by atoms with Crippen LogP contribution in [0.15, 0.2) is 0 Å². The first-order chi connectivity index (χ1) is 4.70. The first-order valence-electron chi connectivity index (χ1n) is 3.93. The van der Waals surface area contributed by atoms with Crippen molar-refractivity contribution in [2.75, 3.05) is 0 Å². The van der Waals surface area contributed by atoms with Crippen molar-refractivity contribution in [3.63, 3.8) is 0 Å². The Kier molecular flexibility index (Phi) is 2.65. The van der Waals surface area contributed by atoms with Crippen molar-refractivity contribution in [1.29, 1.82) is 0 Å². The molecule has 0 saturated heterocycles. The van der Waals surface area contributed by atoms with Crippen LogP contribution in [0, 0.1) is 11.1 Å². The highest BCUT2D eigenvalue weighted by molar-refractivity contribution is 4.67. The second-order valence-corrected chi connectivity index (χ2v) is 3.30. The zero-order valence-electron chi connectivity index (χ0n) is 6.34. The molecule has 0 aromatic carbocycles. The van der Waals surface area contributed by atoms with Crippen molar-refractivity contribution >= 4 is 0 Å². The fourth-order valence-corrected chi connectivity index (χ4v) is 1.51. The van der Waals surface area contributed by atoms with Gasteiger partial charge in [0.1, 0.15) is 6.04 Å². The van der Waals surface area contributed by atoms with Gasteiger partial charge in [0.15, 0.2) is 0 Å². The van der Waals surface area contributed by atoms with Gasteiger partial charge >= 0.3 is 0 Å². The predicted molar refractivity (Wildman–Crippen MR) is 37.5 cm³/mol. The Bertz CT molecular complexity index is 97.8. The van der Waals surface area contributed by atoms with Gasteiger partial charge in [-0.3, -0.25) is 0 Å². The molecule has 2 N–H and O–H groups in total. The first kappa shape index (κ1) is 7.98. The molecule has 0 aliphatic heterocycles. The van der Waals surface area contributed by atoms with Crippen molar-refractivity contribution in [3.05, 3.63) is 5.21 Å². The molecule has 3 heteroatoms. The quantitative estimate of drug-likeness (QED) is 0.522. The van der Waals surface area contributed by atoms with E-state index in [1.54, 1.807) is 0 Å². The molecule has 1 atom stereocenters. The third kappa shape index (κ3) is 1.94. The number of rotatable bonds is 1. The van der Waals surface area contributed by atoms with Gasteiger partial charge in [-0.2, -0.15) is 0 Å². The fraction of sp³-hybridized carbons (Fsp3) is 1.00. The van der Waals surface area contributed by atoms with Gasteiger partial charge in [0.05, 0.1) is 0 Å². The lowest BCUT2D eigenvalue weighted by Gasteiger charge is -2.29. The summed E-state index contributed by atoms with van der Waals surface area (Å²) in [6.45, 7) is 2.19. The van der Waals surface area contributed by atoms with Gasteiger partial charge in [0.25, 0.3) is 0 Å². The Morgan fingerprint density at radius 2 is 1.80 bits per heavy atom. The number of hydrogen-bond acceptors (Lipinski definition) is 2. The molecule has 10 heavy (non-hydrogen) atoms. The summed E-state index contributed by atoms with van der Waals surface area (Å²) in [5.41, 5.74) is 0. The van der Waals surface area contributed by atoms with E-state index in [9.17, 15) is 5.21 Å². The predicted octanol–water partition coefficient (Wildman–Crippen LogP) is 0.337. The van der Waals surface area contributed by atoms with E-state index >= 15 is 0 Å². The first-order valence-corrected chi connectivity index (χ1v) is 3.93. The average Bonchev–Trinajstić information content (AvgIpc) is 1.88. The molecule has 0 radical (unpaired) electrons. The van der Waals surface area contributed by atoms with Gasteiger partial charge in [-0.1, -0.05) is 6.92 Å². The maximum Gasteiger partial charge on any atom is 0.117 e. The van der Waals surface area contributed by atoms with Gasteiger partial charge in [-0.05, 0) is 18.8 Å². The van der Waals surface area contributed by atoms with Gasteiger partial charge in [-0.25, -0.2) is 10.4 Å². The summed E-state index contributed by atoms with van der Waals surface area (Å²) in [5.74, 6) is 0.746. The maximum absolute atomic E-state index is 10.5. The zero-order valence-corrected chi connectivity index (χ0v) is 6.34.